The quantitative estimate of drug-likeness (QED) is 0.743. The van der Waals surface area contributed by atoms with E-state index in [1.807, 2.05) is 38.1 Å². The van der Waals surface area contributed by atoms with Crippen molar-refractivity contribution in [3.63, 3.8) is 0 Å². The fraction of sp³-hybridized carbons (Fsp3) is 0.350. The predicted octanol–water partition coefficient (Wildman–Crippen LogP) is 4.05. The molecular formula is C20H21N3O2S. The number of rotatable bonds is 2. The largest absolute Gasteiger partial charge is 0.321 e. The number of fused-ring (bicyclic) bond motifs is 2. The van der Waals surface area contributed by atoms with Gasteiger partial charge in [0, 0.05) is 18.7 Å². The first-order valence-corrected chi connectivity index (χ1v) is 9.77. The Labute approximate surface area is 155 Å². The lowest BCUT2D eigenvalue weighted by Gasteiger charge is -2.08. The number of amides is 1. The van der Waals surface area contributed by atoms with Crippen molar-refractivity contribution in [1.82, 2.24) is 9.55 Å². The molecule has 0 spiro atoms. The maximum atomic E-state index is 13.0. The number of anilines is 1. The van der Waals surface area contributed by atoms with E-state index in [4.69, 9.17) is 4.98 Å². The summed E-state index contributed by atoms with van der Waals surface area (Å²) in [4.78, 5) is 31.7. The molecule has 3 heterocycles. The highest BCUT2D eigenvalue weighted by Gasteiger charge is 2.22. The van der Waals surface area contributed by atoms with Crippen LogP contribution in [0.15, 0.2) is 29.1 Å². The number of thiophene rings is 1. The van der Waals surface area contributed by atoms with Crippen LogP contribution in [0, 0.1) is 13.8 Å². The van der Waals surface area contributed by atoms with E-state index in [0.717, 1.165) is 54.9 Å². The van der Waals surface area contributed by atoms with Crippen molar-refractivity contribution >= 4 is 33.1 Å². The molecule has 6 heteroatoms. The Hall–Kier alpha value is -2.47. The van der Waals surface area contributed by atoms with Gasteiger partial charge in [-0.1, -0.05) is 18.6 Å². The maximum Gasteiger partial charge on any atom is 0.266 e. The number of nitrogens with one attached hydrogen (secondary N) is 1. The number of hydrogen-bond acceptors (Lipinski definition) is 4. The Morgan fingerprint density at radius 2 is 2.08 bits per heavy atom. The second-order valence-corrected chi connectivity index (χ2v) is 7.85. The zero-order valence-electron chi connectivity index (χ0n) is 15.0. The van der Waals surface area contributed by atoms with Crippen molar-refractivity contribution in [2.24, 2.45) is 0 Å². The highest BCUT2D eigenvalue weighted by atomic mass is 32.1. The smallest absolute Gasteiger partial charge is 0.266 e. The summed E-state index contributed by atoms with van der Waals surface area (Å²) in [6, 6.07) is 7.69. The van der Waals surface area contributed by atoms with Crippen LogP contribution < -0.4 is 10.9 Å². The third-order valence-corrected chi connectivity index (χ3v) is 6.08. The van der Waals surface area contributed by atoms with Crippen LogP contribution in [0.4, 0.5) is 5.69 Å². The van der Waals surface area contributed by atoms with E-state index < -0.39 is 0 Å². The minimum atomic E-state index is -0.185. The van der Waals surface area contributed by atoms with E-state index in [1.54, 1.807) is 4.57 Å². The van der Waals surface area contributed by atoms with Gasteiger partial charge in [-0.2, -0.15) is 0 Å². The Balaban J connectivity index is 1.77. The molecule has 26 heavy (non-hydrogen) atoms. The molecule has 0 radical (unpaired) electrons. The highest BCUT2D eigenvalue weighted by Crippen LogP contribution is 2.29. The van der Waals surface area contributed by atoms with Crippen LogP contribution in [0.2, 0.25) is 0 Å². The zero-order valence-corrected chi connectivity index (χ0v) is 15.8. The maximum absolute atomic E-state index is 13.0. The summed E-state index contributed by atoms with van der Waals surface area (Å²) < 4.78 is 1.80. The molecule has 0 bridgehead atoms. The Morgan fingerprint density at radius 3 is 2.88 bits per heavy atom. The molecule has 5 nitrogen and oxygen atoms in total. The standard InChI is InChI=1S/C20H21N3O2S/c1-12-7-6-8-14(11-12)21-18(24)17-13(2)16-19(26-17)22-15-9-4-3-5-10-23(15)20(16)25/h6-8,11H,3-5,9-10H2,1-2H3,(H,21,24). The van der Waals surface area contributed by atoms with Crippen LogP contribution in [-0.4, -0.2) is 15.5 Å². The molecule has 0 aliphatic carbocycles. The molecule has 0 fully saturated rings. The molecule has 0 saturated carbocycles. The van der Waals surface area contributed by atoms with Gasteiger partial charge < -0.3 is 5.32 Å². The number of carbonyl (C=O) groups is 1. The van der Waals surface area contributed by atoms with E-state index in [0.29, 0.717) is 15.1 Å². The second-order valence-electron chi connectivity index (χ2n) is 6.86. The van der Waals surface area contributed by atoms with Gasteiger partial charge in [-0.15, -0.1) is 11.3 Å². The normalized spacial score (nSPS) is 14.1. The van der Waals surface area contributed by atoms with Crippen molar-refractivity contribution in [2.75, 3.05) is 5.32 Å². The third kappa shape index (κ3) is 2.94. The Morgan fingerprint density at radius 1 is 1.23 bits per heavy atom. The van der Waals surface area contributed by atoms with E-state index >= 15 is 0 Å². The fourth-order valence-corrected chi connectivity index (χ4v) is 4.62. The monoisotopic (exact) mass is 367 g/mol. The second kappa shape index (κ2) is 6.68. The third-order valence-electron chi connectivity index (χ3n) is 4.89. The fourth-order valence-electron chi connectivity index (χ4n) is 3.54. The number of carbonyl (C=O) groups excluding carboxylic acids is 1. The molecule has 1 aromatic carbocycles. The minimum Gasteiger partial charge on any atom is -0.321 e. The van der Waals surface area contributed by atoms with Crippen molar-refractivity contribution in [1.29, 1.82) is 0 Å². The van der Waals surface area contributed by atoms with Gasteiger partial charge in [-0.05, 0) is 49.9 Å². The lowest BCUT2D eigenvalue weighted by atomic mass is 10.2. The van der Waals surface area contributed by atoms with Gasteiger partial charge in [0.25, 0.3) is 11.5 Å². The average molecular weight is 367 g/mol. The van der Waals surface area contributed by atoms with Crippen LogP contribution >= 0.6 is 11.3 Å². The average Bonchev–Trinajstić information content (AvgIpc) is 2.78. The first-order chi connectivity index (χ1) is 12.5. The summed E-state index contributed by atoms with van der Waals surface area (Å²) in [7, 11) is 0. The summed E-state index contributed by atoms with van der Waals surface area (Å²) in [5.41, 5.74) is 2.56. The molecule has 1 aliphatic heterocycles. The molecule has 1 amide bonds. The SMILES string of the molecule is Cc1cccc(NC(=O)c2sc3nc4n(c(=O)c3c2C)CCCCC4)c1. The van der Waals surface area contributed by atoms with Crippen molar-refractivity contribution in [3.8, 4) is 0 Å². The molecule has 0 unspecified atom stereocenters. The van der Waals surface area contributed by atoms with Gasteiger partial charge in [0.1, 0.15) is 10.7 Å². The Bertz CT molecular complexity index is 1060. The van der Waals surface area contributed by atoms with Crippen LogP contribution in [0.25, 0.3) is 10.2 Å². The lowest BCUT2D eigenvalue weighted by Crippen LogP contribution is -2.24. The van der Waals surface area contributed by atoms with Crippen molar-refractivity contribution < 1.29 is 4.79 Å². The summed E-state index contributed by atoms with van der Waals surface area (Å²) in [5.74, 6) is 0.669. The summed E-state index contributed by atoms with van der Waals surface area (Å²) in [6.07, 6.45) is 4.01. The number of aromatic nitrogens is 2. The van der Waals surface area contributed by atoms with Gasteiger partial charge in [0.15, 0.2) is 0 Å². The first-order valence-electron chi connectivity index (χ1n) is 8.95. The Kier molecular flexibility index (Phi) is 4.36. The van der Waals surface area contributed by atoms with Crippen LogP contribution in [0.3, 0.4) is 0 Å². The van der Waals surface area contributed by atoms with Crippen LogP contribution in [-0.2, 0) is 13.0 Å². The van der Waals surface area contributed by atoms with Gasteiger partial charge in [0.2, 0.25) is 0 Å². The number of hydrogen-bond donors (Lipinski definition) is 1. The molecule has 1 N–H and O–H groups in total. The van der Waals surface area contributed by atoms with E-state index in [-0.39, 0.29) is 11.5 Å². The topological polar surface area (TPSA) is 64.0 Å². The molecule has 134 valence electrons. The number of nitrogens with zero attached hydrogens (tertiary/aromatic N) is 2. The van der Waals surface area contributed by atoms with Gasteiger partial charge >= 0.3 is 0 Å². The van der Waals surface area contributed by atoms with Crippen molar-refractivity contribution in [2.45, 2.75) is 46.1 Å². The van der Waals surface area contributed by atoms with Gasteiger partial charge in [-0.3, -0.25) is 14.2 Å². The predicted molar refractivity (Wildman–Crippen MR) is 105 cm³/mol. The van der Waals surface area contributed by atoms with Crippen LogP contribution in [0.5, 0.6) is 0 Å². The molecule has 0 saturated heterocycles. The van der Waals surface area contributed by atoms with E-state index in [9.17, 15) is 9.59 Å². The van der Waals surface area contributed by atoms with Gasteiger partial charge in [0.05, 0.1) is 10.3 Å². The van der Waals surface area contributed by atoms with E-state index in [2.05, 4.69) is 5.32 Å². The number of aryl methyl sites for hydroxylation is 3. The number of benzene rings is 1. The minimum absolute atomic E-state index is 0.00439. The molecule has 2 aromatic heterocycles. The molecule has 4 rings (SSSR count). The lowest BCUT2D eigenvalue weighted by molar-refractivity contribution is 0.103. The van der Waals surface area contributed by atoms with Gasteiger partial charge in [-0.25, -0.2) is 4.98 Å². The highest BCUT2D eigenvalue weighted by molar-refractivity contribution is 7.20. The summed E-state index contributed by atoms with van der Waals surface area (Å²) in [5, 5.41) is 3.53. The first kappa shape index (κ1) is 17.0. The zero-order chi connectivity index (χ0) is 18.3. The van der Waals surface area contributed by atoms with E-state index in [1.165, 1.54) is 11.3 Å². The summed E-state index contributed by atoms with van der Waals surface area (Å²) >= 11 is 1.31. The molecule has 0 atom stereocenters. The van der Waals surface area contributed by atoms with Crippen LogP contribution in [0.1, 0.15) is 45.9 Å². The molecule has 1 aliphatic rings. The molecular weight excluding hydrogens is 346 g/mol. The summed E-state index contributed by atoms with van der Waals surface area (Å²) in [6.45, 7) is 4.55. The molecule has 3 aromatic rings. The van der Waals surface area contributed by atoms with Crippen molar-refractivity contribution in [3.05, 3.63) is 56.4 Å².